The second-order valence-corrected chi connectivity index (χ2v) is 5.54. The van der Waals surface area contributed by atoms with Gasteiger partial charge in [-0.2, -0.15) is 0 Å². The Morgan fingerprint density at radius 1 is 1.38 bits per heavy atom. The predicted molar refractivity (Wildman–Crippen MR) is 75.2 cm³/mol. The van der Waals surface area contributed by atoms with Crippen molar-refractivity contribution in [2.24, 2.45) is 0 Å². The van der Waals surface area contributed by atoms with E-state index in [-0.39, 0.29) is 0 Å². The van der Waals surface area contributed by atoms with E-state index in [1.165, 1.54) is 15.3 Å². The first-order chi connectivity index (χ1) is 7.79. The highest BCUT2D eigenvalue weighted by Gasteiger charge is 2.01. The molecular weight excluding hydrogens is 234 g/mol. The largest absolute Gasteiger partial charge is 0.314 e. The molecule has 2 heterocycles. The van der Waals surface area contributed by atoms with Crippen LogP contribution >= 0.6 is 22.7 Å². The Bertz CT molecular complexity index is 454. The lowest BCUT2D eigenvalue weighted by atomic mass is 10.2. The van der Waals surface area contributed by atoms with Crippen molar-refractivity contribution < 1.29 is 0 Å². The summed E-state index contributed by atoms with van der Waals surface area (Å²) < 4.78 is 0. The molecule has 0 aromatic carbocycles. The van der Waals surface area contributed by atoms with Crippen molar-refractivity contribution in [2.45, 2.75) is 13.0 Å². The molecule has 0 aliphatic rings. The fourth-order valence-electron chi connectivity index (χ4n) is 1.35. The molecule has 0 aliphatic heterocycles. The van der Waals surface area contributed by atoms with Crippen molar-refractivity contribution in [1.82, 2.24) is 5.32 Å². The molecule has 1 nitrogen and oxygen atoms in total. The Morgan fingerprint density at radius 2 is 2.25 bits per heavy atom. The van der Waals surface area contributed by atoms with Crippen molar-refractivity contribution in [1.29, 1.82) is 0 Å². The van der Waals surface area contributed by atoms with Crippen LogP contribution in [0.2, 0.25) is 0 Å². The van der Waals surface area contributed by atoms with Crippen molar-refractivity contribution in [2.75, 3.05) is 7.05 Å². The number of thiophene rings is 2. The van der Waals surface area contributed by atoms with Crippen LogP contribution in [0.5, 0.6) is 0 Å². The molecule has 0 radical (unpaired) electrons. The molecule has 1 N–H and O–H groups in total. The summed E-state index contributed by atoms with van der Waals surface area (Å²) in [5.41, 5.74) is 1.33. The molecule has 84 valence electrons. The predicted octanol–water partition coefficient (Wildman–Crippen LogP) is 4.10. The van der Waals surface area contributed by atoms with E-state index in [2.05, 4.69) is 53.4 Å². The molecule has 0 aliphatic carbocycles. The monoisotopic (exact) mass is 249 g/mol. The van der Waals surface area contributed by atoms with Crippen LogP contribution in [0.25, 0.3) is 16.5 Å². The van der Waals surface area contributed by atoms with Gasteiger partial charge in [-0.3, -0.25) is 0 Å². The van der Waals surface area contributed by atoms with E-state index in [1.807, 2.05) is 7.05 Å². The first kappa shape index (κ1) is 11.6. The smallest absolute Gasteiger partial charge is 0.0351 e. The maximum Gasteiger partial charge on any atom is 0.0351 e. The molecule has 2 rings (SSSR count). The molecule has 1 unspecified atom stereocenters. The molecule has 1 atom stereocenters. The minimum atomic E-state index is 0.423. The molecule has 0 saturated heterocycles. The van der Waals surface area contributed by atoms with Crippen LogP contribution < -0.4 is 5.32 Å². The molecule has 0 amide bonds. The molecule has 16 heavy (non-hydrogen) atoms. The Labute approximate surface area is 104 Å². The van der Waals surface area contributed by atoms with Crippen LogP contribution in [-0.2, 0) is 0 Å². The minimum Gasteiger partial charge on any atom is -0.314 e. The van der Waals surface area contributed by atoms with Gasteiger partial charge in [-0.05, 0) is 42.9 Å². The van der Waals surface area contributed by atoms with Gasteiger partial charge >= 0.3 is 0 Å². The zero-order valence-electron chi connectivity index (χ0n) is 9.44. The number of likely N-dealkylation sites (N-methyl/N-ethyl adjacent to an activating group) is 1. The molecule has 0 fully saturated rings. The summed E-state index contributed by atoms with van der Waals surface area (Å²) in [6, 6.07) is 6.93. The molecule has 0 bridgehead atoms. The first-order valence-corrected chi connectivity index (χ1v) is 7.03. The van der Waals surface area contributed by atoms with Crippen molar-refractivity contribution in [3.8, 4) is 10.4 Å². The fourth-order valence-corrected chi connectivity index (χ4v) is 2.95. The molecule has 2 aromatic rings. The van der Waals surface area contributed by atoms with Gasteiger partial charge in [0.05, 0.1) is 0 Å². The van der Waals surface area contributed by atoms with Gasteiger partial charge in [0.2, 0.25) is 0 Å². The highest BCUT2D eigenvalue weighted by molar-refractivity contribution is 7.15. The standard InChI is InChI=1S/C13H15NS2/c1-10(14-2)5-6-12-8-11(9-16-12)13-4-3-7-15-13/h3-10,14H,1-2H3/b6-5+. The second-order valence-electron chi connectivity index (χ2n) is 3.65. The Morgan fingerprint density at radius 3 is 2.94 bits per heavy atom. The fraction of sp³-hybridized carbons (Fsp3) is 0.231. The lowest BCUT2D eigenvalue weighted by molar-refractivity contribution is 0.732. The van der Waals surface area contributed by atoms with Crippen molar-refractivity contribution >= 4 is 28.7 Å². The highest BCUT2D eigenvalue weighted by atomic mass is 32.1. The van der Waals surface area contributed by atoms with E-state index in [0.29, 0.717) is 6.04 Å². The van der Waals surface area contributed by atoms with E-state index in [1.54, 1.807) is 22.7 Å². The summed E-state index contributed by atoms with van der Waals surface area (Å²) in [6.45, 7) is 2.14. The third-order valence-corrected chi connectivity index (χ3v) is 4.25. The van der Waals surface area contributed by atoms with E-state index < -0.39 is 0 Å². The SMILES string of the molecule is CNC(C)/C=C/c1cc(-c2cccs2)cs1. The van der Waals surface area contributed by atoms with Gasteiger partial charge in [0.25, 0.3) is 0 Å². The molecule has 2 aromatic heterocycles. The maximum atomic E-state index is 3.19. The molecular formula is C13H15NS2. The zero-order chi connectivity index (χ0) is 11.4. The molecule has 0 spiro atoms. The quantitative estimate of drug-likeness (QED) is 0.860. The Kier molecular flexibility index (Phi) is 3.93. The van der Waals surface area contributed by atoms with E-state index in [0.717, 1.165) is 0 Å². The summed E-state index contributed by atoms with van der Waals surface area (Å²) in [6.07, 6.45) is 4.37. The van der Waals surface area contributed by atoms with Gasteiger partial charge < -0.3 is 5.32 Å². The number of nitrogens with one attached hydrogen (secondary N) is 1. The lowest BCUT2D eigenvalue weighted by Crippen LogP contribution is -2.17. The van der Waals surface area contributed by atoms with Gasteiger partial charge in [0.15, 0.2) is 0 Å². The normalized spacial score (nSPS) is 13.4. The van der Waals surface area contributed by atoms with Crippen LogP contribution in [0.3, 0.4) is 0 Å². The average molecular weight is 249 g/mol. The molecule has 3 heteroatoms. The van der Waals surface area contributed by atoms with Crippen LogP contribution in [0, 0.1) is 0 Å². The second kappa shape index (κ2) is 5.43. The van der Waals surface area contributed by atoms with E-state index >= 15 is 0 Å². The maximum absolute atomic E-state index is 3.19. The van der Waals surface area contributed by atoms with Gasteiger partial charge in [-0.25, -0.2) is 0 Å². The lowest BCUT2D eigenvalue weighted by Gasteiger charge is -2.00. The van der Waals surface area contributed by atoms with Crippen LogP contribution in [-0.4, -0.2) is 13.1 Å². The first-order valence-electron chi connectivity index (χ1n) is 5.27. The average Bonchev–Trinajstić information content (AvgIpc) is 2.95. The van der Waals surface area contributed by atoms with E-state index in [9.17, 15) is 0 Å². The third-order valence-electron chi connectivity index (χ3n) is 2.43. The van der Waals surface area contributed by atoms with Crippen LogP contribution in [0.1, 0.15) is 11.8 Å². The molecule has 0 saturated carbocycles. The van der Waals surface area contributed by atoms with E-state index in [4.69, 9.17) is 0 Å². The van der Waals surface area contributed by atoms with Gasteiger partial charge in [-0.15, -0.1) is 22.7 Å². The number of hydrogen-bond acceptors (Lipinski definition) is 3. The Balaban J connectivity index is 2.11. The van der Waals surface area contributed by atoms with Gasteiger partial charge in [-0.1, -0.05) is 12.1 Å². The number of rotatable bonds is 4. The summed E-state index contributed by atoms with van der Waals surface area (Å²) >= 11 is 3.58. The van der Waals surface area contributed by atoms with Crippen LogP contribution in [0.15, 0.2) is 35.0 Å². The topological polar surface area (TPSA) is 12.0 Å². The zero-order valence-corrected chi connectivity index (χ0v) is 11.1. The van der Waals surface area contributed by atoms with Gasteiger partial charge in [0.1, 0.15) is 0 Å². The van der Waals surface area contributed by atoms with Crippen molar-refractivity contribution in [3.05, 3.63) is 39.9 Å². The third kappa shape index (κ3) is 2.82. The van der Waals surface area contributed by atoms with Crippen molar-refractivity contribution in [3.63, 3.8) is 0 Å². The summed E-state index contributed by atoms with van der Waals surface area (Å²) in [4.78, 5) is 2.66. The highest BCUT2D eigenvalue weighted by Crippen LogP contribution is 2.29. The minimum absolute atomic E-state index is 0.423. The van der Waals surface area contributed by atoms with Crippen LogP contribution in [0.4, 0.5) is 0 Å². The Hall–Kier alpha value is -0.900. The summed E-state index contributed by atoms with van der Waals surface area (Å²) in [5.74, 6) is 0. The van der Waals surface area contributed by atoms with Gasteiger partial charge in [0, 0.05) is 21.4 Å². The summed E-state index contributed by atoms with van der Waals surface area (Å²) in [7, 11) is 1.97. The summed E-state index contributed by atoms with van der Waals surface area (Å²) in [5, 5.41) is 7.52. The number of hydrogen-bond donors (Lipinski definition) is 1.